The number of carbonyl (C=O) groups excluding carboxylic acids is 3. The van der Waals surface area contributed by atoms with Crippen molar-refractivity contribution in [2.24, 2.45) is 11.8 Å². The Hall–Kier alpha value is -2.16. The monoisotopic (exact) mass is 412 g/mol. The SMILES string of the molecule is O=C(CC1CN(C(=O)C2CC2)C1)NNC(=O)Nc1ccc(Br)cc1F. The van der Waals surface area contributed by atoms with Crippen molar-refractivity contribution >= 4 is 39.5 Å². The number of hydrogen-bond donors (Lipinski definition) is 3. The third-order valence-electron chi connectivity index (χ3n) is 4.16. The molecule has 0 unspecified atom stereocenters. The number of hydrazine groups is 1. The van der Waals surface area contributed by atoms with Crippen LogP contribution in [0, 0.1) is 17.7 Å². The van der Waals surface area contributed by atoms with Gasteiger partial charge in [0.05, 0.1) is 5.69 Å². The minimum absolute atomic E-state index is 0.00294. The predicted octanol–water partition coefficient (Wildman–Crippen LogP) is 2.00. The van der Waals surface area contributed by atoms with Crippen LogP contribution in [0.5, 0.6) is 0 Å². The lowest BCUT2D eigenvalue weighted by Crippen LogP contribution is -2.53. The van der Waals surface area contributed by atoms with E-state index in [2.05, 4.69) is 32.1 Å². The van der Waals surface area contributed by atoms with Crippen LogP contribution >= 0.6 is 15.9 Å². The molecule has 3 rings (SSSR count). The molecule has 2 aliphatic rings. The Morgan fingerprint density at radius 2 is 1.92 bits per heavy atom. The zero-order valence-electron chi connectivity index (χ0n) is 13.4. The first-order valence-electron chi connectivity index (χ1n) is 8.02. The van der Waals surface area contributed by atoms with E-state index in [-0.39, 0.29) is 35.8 Å². The maximum atomic E-state index is 13.6. The second-order valence-electron chi connectivity index (χ2n) is 6.34. The van der Waals surface area contributed by atoms with Crippen molar-refractivity contribution in [3.8, 4) is 0 Å². The normalized spacial score (nSPS) is 16.8. The molecule has 0 radical (unpaired) electrons. The van der Waals surface area contributed by atoms with Crippen molar-refractivity contribution in [1.29, 1.82) is 0 Å². The Morgan fingerprint density at radius 1 is 1.20 bits per heavy atom. The van der Waals surface area contributed by atoms with Crippen LogP contribution in [0.25, 0.3) is 0 Å². The third kappa shape index (κ3) is 4.68. The lowest BCUT2D eigenvalue weighted by atomic mass is 9.95. The molecule has 1 aliphatic heterocycles. The molecule has 1 saturated carbocycles. The lowest BCUT2D eigenvalue weighted by molar-refractivity contribution is -0.140. The molecular formula is C16H18BrFN4O3. The predicted molar refractivity (Wildman–Crippen MR) is 91.8 cm³/mol. The lowest BCUT2D eigenvalue weighted by Gasteiger charge is -2.39. The summed E-state index contributed by atoms with van der Waals surface area (Å²) in [6.07, 6.45) is 2.17. The largest absolute Gasteiger partial charge is 0.342 e. The summed E-state index contributed by atoms with van der Waals surface area (Å²) < 4.78 is 14.2. The van der Waals surface area contributed by atoms with Crippen LogP contribution in [0.2, 0.25) is 0 Å². The minimum atomic E-state index is -0.742. The summed E-state index contributed by atoms with van der Waals surface area (Å²) in [5.41, 5.74) is 4.46. The van der Waals surface area contributed by atoms with Crippen molar-refractivity contribution in [3.63, 3.8) is 0 Å². The first kappa shape index (κ1) is 17.7. The van der Waals surface area contributed by atoms with Gasteiger partial charge in [-0.2, -0.15) is 0 Å². The molecule has 0 aromatic heterocycles. The fraction of sp³-hybridized carbons (Fsp3) is 0.438. The van der Waals surface area contributed by atoms with E-state index >= 15 is 0 Å². The first-order valence-corrected chi connectivity index (χ1v) is 8.81. The van der Waals surface area contributed by atoms with E-state index in [1.807, 2.05) is 0 Å². The van der Waals surface area contributed by atoms with Crippen LogP contribution in [-0.2, 0) is 9.59 Å². The number of carbonyl (C=O) groups is 3. The van der Waals surface area contributed by atoms with E-state index in [0.717, 1.165) is 12.8 Å². The van der Waals surface area contributed by atoms with Gasteiger partial charge in [-0.3, -0.25) is 15.0 Å². The van der Waals surface area contributed by atoms with Crippen LogP contribution in [0.1, 0.15) is 19.3 Å². The number of benzene rings is 1. The average Bonchev–Trinajstić information content (AvgIpc) is 3.35. The molecule has 1 saturated heterocycles. The van der Waals surface area contributed by atoms with Gasteiger partial charge in [-0.25, -0.2) is 14.6 Å². The molecule has 134 valence electrons. The summed E-state index contributed by atoms with van der Waals surface area (Å²) in [5, 5.41) is 2.30. The number of likely N-dealkylation sites (tertiary alicyclic amines) is 1. The Morgan fingerprint density at radius 3 is 2.56 bits per heavy atom. The van der Waals surface area contributed by atoms with Crippen molar-refractivity contribution in [2.45, 2.75) is 19.3 Å². The number of halogens is 2. The molecule has 1 aromatic carbocycles. The quantitative estimate of drug-likeness (QED) is 0.660. The maximum Gasteiger partial charge on any atom is 0.338 e. The Labute approximate surface area is 152 Å². The fourth-order valence-corrected chi connectivity index (χ4v) is 2.98. The highest BCUT2D eigenvalue weighted by atomic mass is 79.9. The summed E-state index contributed by atoms with van der Waals surface area (Å²) >= 11 is 3.12. The van der Waals surface area contributed by atoms with Gasteiger partial charge in [0.1, 0.15) is 5.82 Å². The fourth-order valence-electron chi connectivity index (χ4n) is 2.65. The van der Waals surface area contributed by atoms with Gasteiger partial charge in [0.2, 0.25) is 11.8 Å². The zero-order valence-corrected chi connectivity index (χ0v) is 14.9. The second-order valence-corrected chi connectivity index (χ2v) is 7.25. The molecule has 2 fully saturated rings. The van der Waals surface area contributed by atoms with Crippen molar-refractivity contribution in [2.75, 3.05) is 18.4 Å². The average molecular weight is 413 g/mol. The van der Waals surface area contributed by atoms with E-state index in [1.54, 1.807) is 11.0 Å². The summed E-state index contributed by atoms with van der Waals surface area (Å²) in [6, 6.07) is 3.47. The minimum Gasteiger partial charge on any atom is -0.342 e. The first-order chi connectivity index (χ1) is 11.9. The van der Waals surface area contributed by atoms with Crippen LogP contribution < -0.4 is 16.2 Å². The molecule has 9 heteroatoms. The van der Waals surface area contributed by atoms with Crippen LogP contribution in [0.3, 0.4) is 0 Å². The van der Waals surface area contributed by atoms with E-state index in [9.17, 15) is 18.8 Å². The highest BCUT2D eigenvalue weighted by Gasteiger charge is 2.39. The molecule has 4 amide bonds. The number of hydrogen-bond acceptors (Lipinski definition) is 3. The summed E-state index contributed by atoms with van der Waals surface area (Å²) in [6.45, 7) is 1.16. The second kappa shape index (κ2) is 7.38. The van der Waals surface area contributed by atoms with Crippen molar-refractivity contribution < 1.29 is 18.8 Å². The highest BCUT2D eigenvalue weighted by Crippen LogP contribution is 2.33. The zero-order chi connectivity index (χ0) is 18.0. The Kier molecular flexibility index (Phi) is 5.22. The summed E-state index contributed by atoms with van der Waals surface area (Å²) in [5.74, 6) is -0.456. The standard InChI is InChI=1S/C16H18BrFN4O3/c17-11-3-4-13(12(18)6-11)19-16(25)21-20-14(23)5-9-7-22(8-9)15(24)10-1-2-10/h3-4,6,9-10H,1-2,5,7-8H2,(H,20,23)(H2,19,21,25). The topological polar surface area (TPSA) is 90.5 Å². The molecule has 1 heterocycles. The Bertz CT molecular complexity index is 705. The van der Waals surface area contributed by atoms with Gasteiger partial charge >= 0.3 is 6.03 Å². The molecule has 1 aliphatic carbocycles. The maximum absolute atomic E-state index is 13.6. The van der Waals surface area contributed by atoms with E-state index in [1.165, 1.54) is 12.1 Å². The van der Waals surface area contributed by atoms with Crippen LogP contribution in [-0.4, -0.2) is 35.8 Å². The van der Waals surface area contributed by atoms with Gasteiger partial charge in [0.15, 0.2) is 0 Å². The van der Waals surface area contributed by atoms with Crippen LogP contribution in [0.15, 0.2) is 22.7 Å². The number of nitrogens with zero attached hydrogens (tertiary/aromatic N) is 1. The highest BCUT2D eigenvalue weighted by molar-refractivity contribution is 9.10. The molecule has 0 spiro atoms. The van der Waals surface area contributed by atoms with Gasteiger partial charge in [0, 0.05) is 35.8 Å². The van der Waals surface area contributed by atoms with Crippen LogP contribution in [0.4, 0.5) is 14.9 Å². The molecule has 3 N–H and O–H groups in total. The number of nitrogens with one attached hydrogen (secondary N) is 3. The number of urea groups is 1. The Balaban J connectivity index is 1.35. The molecule has 0 atom stereocenters. The molecule has 0 bridgehead atoms. The summed E-state index contributed by atoms with van der Waals surface area (Å²) in [7, 11) is 0. The molecule has 25 heavy (non-hydrogen) atoms. The van der Waals surface area contributed by atoms with Gasteiger partial charge in [-0.05, 0) is 31.0 Å². The van der Waals surface area contributed by atoms with Gasteiger partial charge in [-0.15, -0.1) is 0 Å². The van der Waals surface area contributed by atoms with Crippen molar-refractivity contribution in [3.05, 3.63) is 28.5 Å². The number of rotatable bonds is 4. The van der Waals surface area contributed by atoms with Gasteiger partial charge in [0.25, 0.3) is 0 Å². The number of amides is 4. The molecular weight excluding hydrogens is 395 g/mol. The van der Waals surface area contributed by atoms with Gasteiger partial charge in [-0.1, -0.05) is 15.9 Å². The third-order valence-corrected chi connectivity index (χ3v) is 4.66. The number of anilines is 1. The van der Waals surface area contributed by atoms with E-state index in [4.69, 9.17) is 0 Å². The smallest absolute Gasteiger partial charge is 0.338 e. The molecule has 1 aromatic rings. The molecule has 7 nitrogen and oxygen atoms in total. The van der Waals surface area contributed by atoms with E-state index < -0.39 is 11.8 Å². The van der Waals surface area contributed by atoms with Gasteiger partial charge < -0.3 is 10.2 Å². The van der Waals surface area contributed by atoms with Crippen molar-refractivity contribution in [1.82, 2.24) is 15.8 Å². The summed E-state index contributed by atoms with van der Waals surface area (Å²) in [4.78, 5) is 37.0. The van der Waals surface area contributed by atoms with E-state index in [0.29, 0.717) is 17.6 Å².